The molecular formula is C9H14O2. The van der Waals surface area contributed by atoms with Gasteiger partial charge in [0.25, 0.3) is 0 Å². The predicted octanol–water partition coefficient (Wildman–Crippen LogP) is 2.21. The van der Waals surface area contributed by atoms with Gasteiger partial charge in [-0.15, -0.1) is 0 Å². The monoisotopic (exact) mass is 154 g/mol. The molecule has 1 aliphatic rings. The Morgan fingerprint density at radius 3 is 2.91 bits per heavy atom. The lowest BCUT2D eigenvalue weighted by atomic mass is 9.95. The molecule has 1 atom stereocenters. The van der Waals surface area contributed by atoms with Gasteiger partial charge in [0.1, 0.15) is 0 Å². The van der Waals surface area contributed by atoms with E-state index in [0.29, 0.717) is 0 Å². The van der Waals surface area contributed by atoms with Gasteiger partial charge in [0.05, 0.1) is 5.92 Å². The maximum absolute atomic E-state index is 10.6. The average molecular weight is 154 g/mol. The summed E-state index contributed by atoms with van der Waals surface area (Å²) >= 11 is 0. The first kappa shape index (κ1) is 8.31. The molecule has 1 unspecified atom stereocenters. The summed E-state index contributed by atoms with van der Waals surface area (Å²) in [6.45, 7) is 0. The van der Waals surface area contributed by atoms with E-state index >= 15 is 0 Å². The van der Waals surface area contributed by atoms with Crippen LogP contribution in [0.2, 0.25) is 0 Å². The molecule has 0 aromatic heterocycles. The first-order valence-corrected chi connectivity index (χ1v) is 4.18. The van der Waals surface area contributed by atoms with Gasteiger partial charge in [-0.05, 0) is 25.7 Å². The molecule has 0 fully saturated rings. The summed E-state index contributed by atoms with van der Waals surface area (Å²) in [5.74, 6) is -0.775. The highest BCUT2D eigenvalue weighted by Gasteiger charge is 2.15. The van der Waals surface area contributed by atoms with Gasteiger partial charge in [-0.3, -0.25) is 4.79 Å². The van der Waals surface area contributed by atoms with Crippen molar-refractivity contribution >= 4 is 5.97 Å². The predicted molar refractivity (Wildman–Crippen MR) is 43.4 cm³/mol. The van der Waals surface area contributed by atoms with Crippen molar-refractivity contribution in [1.82, 2.24) is 0 Å². The second-order valence-corrected chi connectivity index (χ2v) is 3.03. The second kappa shape index (κ2) is 4.16. The third kappa shape index (κ3) is 2.74. The summed E-state index contributed by atoms with van der Waals surface area (Å²) in [6.07, 6.45) is 8.97. The van der Waals surface area contributed by atoms with Crippen LogP contribution in [0.4, 0.5) is 0 Å². The molecule has 2 heteroatoms. The van der Waals surface area contributed by atoms with E-state index in [2.05, 4.69) is 6.08 Å². The Morgan fingerprint density at radius 1 is 1.36 bits per heavy atom. The van der Waals surface area contributed by atoms with Crippen LogP contribution in [0.5, 0.6) is 0 Å². The number of aliphatic carboxylic acids is 1. The van der Waals surface area contributed by atoms with E-state index in [1.165, 1.54) is 0 Å². The minimum absolute atomic E-state index is 0.133. The quantitative estimate of drug-likeness (QED) is 0.588. The van der Waals surface area contributed by atoms with Crippen molar-refractivity contribution in [2.45, 2.75) is 32.1 Å². The first-order valence-electron chi connectivity index (χ1n) is 4.18. The second-order valence-electron chi connectivity index (χ2n) is 3.03. The number of hydrogen-bond acceptors (Lipinski definition) is 1. The Balaban J connectivity index is 2.45. The fraction of sp³-hybridized carbons (Fsp3) is 0.667. The van der Waals surface area contributed by atoms with Crippen molar-refractivity contribution in [2.75, 3.05) is 0 Å². The molecular weight excluding hydrogens is 140 g/mol. The van der Waals surface area contributed by atoms with Crippen LogP contribution in [-0.4, -0.2) is 11.1 Å². The zero-order chi connectivity index (χ0) is 8.10. The third-order valence-corrected chi connectivity index (χ3v) is 2.11. The van der Waals surface area contributed by atoms with E-state index in [1.807, 2.05) is 6.08 Å². The van der Waals surface area contributed by atoms with E-state index in [0.717, 1.165) is 32.1 Å². The maximum Gasteiger partial charge on any atom is 0.306 e. The molecule has 2 nitrogen and oxygen atoms in total. The minimum Gasteiger partial charge on any atom is -0.481 e. The summed E-state index contributed by atoms with van der Waals surface area (Å²) in [4.78, 5) is 10.6. The SMILES string of the molecule is O=C(O)C1C/C=C\CCCC1. The molecule has 1 aliphatic carbocycles. The molecule has 62 valence electrons. The van der Waals surface area contributed by atoms with Crippen molar-refractivity contribution in [2.24, 2.45) is 5.92 Å². The highest BCUT2D eigenvalue weighted by Crippen LogP contribution is 2.17. The number of carboxylic acid groups (broad SMARTS) is 1. The van der Waals surface area contributed by atoms with Crippen LogP contribution in [0.15, 0.2) is 12.2 Å². The molecule has 0 aliphatic heterocycles. The van der Waals surface area contributed by atoms with Crippen molar-refractivity contribution in [3.8, 4) is 0 Å². The van der Waals surface area contributed by atoms with Crippen molar-refractivity contribution < 1.29 is 9.90 Å². The van der Waals surface area contributed by atoms with Gasteiger partial charge in [-0.2, -0.15) is 0 Å². The Bertz CT molecular complexity index is 161. The zero-order valence-corrected chi connectivity index (χ0v) is 6.62. The molecule has 0 aromatic rings. The molecule has 0 saturated carbocycles. The molecule has 11 heavy (non-hydrogen) atoms. The smallest absolute Gasteiger partial charge is 0.306 e. The van der Waals surface area contributed by atoms with Gasteiger partial charge in [0, 0.05) is 0 Å². The van der Waals surface area contributed by atoms with Crippen LogP contribution in [-0.2, 0) is 4.79 Å². The van der Waals surface area contributed by atoms with Crippen LogP contribution in [0.3, 0.4) is 0 Å². The molecule has 1 N–H and O–H groups in total. The normalized spacial score (nSPS) is 28.5. The van der Waals surface area contributed by atoms with Crippen LogP contribution >= 0.6 is 0 Å². The van der Waals surface area contributed by atoms with Crippen LogP contribution < -0.4 is 0 Å². The number of hydrogen-bond donors (Lipinski definition) is 1. The first-order chi connectivity index (χ1) is 5.30. The lowest BCUT2D eigenvalue weighted by Gasteiger charge is -2.11. The van der Waals surface area contributed by atoms with Gasteiger partial charge < -0.3 is 5.11 Å². The summed E-state index contributed by atoms with van der Waals surface area (Å²) in [6, 6.07) is 0. The summed E-state index contributed by atoms with van der Waals surface area (Å²) in [5, 5.41) is 8.72. The van der Waals surface area contributed by atoms with Crippen LogP contribution in [0.25, 0.3) is 0 Å². The summed E-state index contributed by atoms with van der Waals surface area (Å²) in [7, 11) is 0. The highest BCUT2D eigenvalue weighted by molar-refractivity contribution is 5.70. The topological polar surface area (TPSA) is 37.3 Å². The molecule has 0 amide bonds. The van der Waals surface area contributed by atoms with Gasteiger partial charge in [-0.25, -0.2) is 0 Å². The Labute approximate surface area is 66.9 Å². The molecule has 0 spiro atoms. The maximum atomic E-state index is 10.6. The molecule has 0 bridgehead atoms. The van der Waals surface area contributed by atoms with Gasteiger partial charge in [0.2, 0.25) is 0 Å². The lowest BCUT2D eigenvalue weighted by molar-refractivity contribution is -0.141. The van der Waals surface area contributed by atoms with E-state index in [1.54, 1.807) is 0 Å². The number of rotatable bonds is 1. The number of carbonyl (C=O) groups is 1. The zero-order valence-electron chi connectivity index (χ0n) is 6.62. The van der Waals surface area contributed by atoms with Crippen molar-refractivity contribution in [1.29, 1.82) is 0 Å². The van der Waals surface area contributed by atoms with Crippen LogP contribution in [0, 0.1) is 5.92 Å². The standard InChI is InChI=1S/C9H14O2/c10-9(11)8-6-4-2-1-3-5-7-8/h2,4,8H,1,3,5-7H2,(H,10,11)/b4-2-. The molecule has 0 aromatic carbocycles. The fourth-order valence-corrected chi connectivity index (χ4v) is 1.37. The van der Waals surface area contributed by atoms with E-state index < -0.39 is 5.97 Å². The molecule has 0 radical (unpaired) electrons. The molecule has 0 saturated heterocycles. The molecule has 0 heterocycles. The Morgan fingerprint density at radius 2 is 2.18 bits per heavy atom. The average Bonchev–Trinajstić information content (AvgIpc) is 1.84. The highest BCUT2D eigenvalue weighted by atomic mass is 16.4. The largest absolute Gasteiger partial charge is 0.481 e. The molecule has 1 rings (SSSR count). The van der Waals surface area contributed by atoms with Crippen LogP contribution in [0.1, 0.15) is 32.1 Å². The van der Waals surface area contributed by atoms with Gasteiger partial charge in [0.15, 0.2) is 0 Å². The number of allylic oxidation sites excluding steroid dienone is 2. The minimum atomic E-state index is -0.642. The summed E-state index contributed by atoms with van der Waals surface area (Å²) in [5.41, 5.74) is 0. The fourth-order valence-electron chi connectivity index (χ4n) is 1.37. The van der Waals surface area contributed by atoms with Crippen molar-refractivity contribution in [3.63, 3.8) is 0 Å². The van der Waals surface area contributed by atoms with E-state index in [9.17, 15) is 4.79 Å². The Hall–Kier alpha value is -0.790. The Kier molecular flexibility index (Phi) is 3.14. The third-order valence-electron chi connectivity index (χ3n) is 2.11. The van der Waals surface area contributed by atoms with Crippen molar-refractivity contribution in [3.05, 3.63) is 12.2 Å². The summed E-state index contributed by atoms with van der Waals surface area (Å²) < 4.78 is 0. The van der Waals surface area contributed by atoms with Gasteiger partial charge >= 0.3 is 5.97 Å². The lowest BCUT2D eigenvalue weighted by Crippen LogP contribution is -2.13. The number of carboxylic acids is 1. The van der Waals surface area contributed by atoms with Gasteiger partial charge in [-0.1, -0.05) is 18.6 Å². The van der Waals surface area contributed by atoms with E-state index in [-0.39, 0.29) is 5.92 Å². The van der Waals surface area contributed by atoms with E-state index in [4.69, 9.17) is 5.11 Å².